The van der Waals surface area contributed by atoms with E-state index in [1.807, 2.05) is 12.1 Å². The molecule has 0 spiro atoms. The quantitative estimate of drug-likeness (QED) is 0.771. The maximum Gasteiger partial charge on any atom is 0.213 e. The average molecular weight is 236 g/mol. The van der Waals surface area contributed by atoms with Crippen LogP contribution in [0.1, 0.15) is 39.2 Å². The molecule has 0 saturated carbocycles. The van der Waals surface area contributed by atoms with Crippen molar-refractivity contribution in [1.82, 2.24) is 10.3 Å². The molecule has 3 heteroatoms. The van der Waals surface area contributed by atoms with Crippen LogP contribution in [0.4, 0.5) is 0 Å². The third-order valence-electron chi connectivity index (χ3n) is 2.62. The second kappa shape index (κ2) is 6.60. The monoisotopic (exact) mass is 236 g/mol. The van der Waals surface area contributed by atoms with E-state index >= 15 is 0 Å². The smallest absolute Gasteiger partial charge is 0.213 e. The molecule has 0 aliphatic rings. The second-order valence-corrected chi connectivity index (χ2v) is 5.55. The predicted octanol–water partition coefficient (Wildman–Crippen LogP) is 3.01. The predicted molar refractivity (Wildman–Crippen MR) is 71.2 cm³/mol. The summed E-state index contributed by atoms with van der Waals surface area (Å²) in [5.41, 5.74) is 1.65. The van der Waals surface area contributed by atoms with Crippen LogP contribution < -0.4 is 10.1 Å². The zero-order valence-corrected chi connectivity index (χ0v) is 11.4. The Balaban J connectivity index is 2.22. The fraction of sp³-hybridized carbons (Fsp3) is 0.643. The van der Waals surface area contributed by atoms with Gasteiger partial charge in [-0.1, -0.05) is 20.8 Å². The summed E-state index contributed by atoms with van der Waals surface area (Å²) < 4.78 is 5.09. The summed E-state index contributed by atoms with van der Waals surface area (Å²) in [5, 5.41) is 3.44. The number of rotatable bonds is 6. The van der Waals surface area contributed by atoms with E-state index in [4.69, 9.17) is 4.74 Å². The van der Waals surface area contributed by atoms with E-state index in [0.29, 0.717) is 11.3 Å². The van der Waals surface area contributed by atoms with E-state index in [-0.39, 0.29) is 0 Å². The van der Waals surface area contributed by atoms with Gasteiger partial charge >= 0.3 is 0 Å². The van der Waals surface area contributed by atoms with Gasteiger partial charge in [-0.05, 0) is 36.4 Å². The van der Waals surface area contributed by atoms with Gasteiger partial charge in [0.2, 0.25) is 5.88 Å². The second-order valence-electron chi connectivity index (χ2n) is 5.55. The highest BCUT2D eigenvalue weighted by molar-refractivity contribution is 5.20. The molecule has 3 nitrogen and oxygen atoms in total. The highest BCUT2D eigenvalue weighted by atomic mass is 16.5. The van der Waals surface area contributed by atoms with Crippen LogP contribution in [-0.2, 0) is 6.54 Å². The van der Waals surface area contributed by atoms with E-state index in [0.717, 1.165) is 13.1 Å². The minimum Gasteiger partial charge on any atom is -0.481 e. The lowest BCUT2D eigenvalue weighted by Gasteiger charge is -2.17. The van der Waals surface area contributed by atoms with Crippen molar-refractivity contribution in [1.29, 1.82) is 0 Å². The number of hydrogen-bond donors (Lipinski definition) is 1. The number of methoxy groups -OCH3 is 1. The molecule has 0 bridgehead atoms. The highest BCUT2D eigenvalue weighted by Gasteiger charge is 2.08. The number of nitrogens with one attached hydrogen (secondary N) is 1. The van der Waals surface area contributed by atoms with E-state index in [2.05, 4.69) is 31.1 Å². The van der Waals surface area contributed by atoms with Crippen molar-refractivity contribution >= 4 is 0 Å². The lowest BCUT2D eigenvalue weighted by atomic mass is 9.91. The standard InChI is InChI=1S/C14H24N2O/c1-14(2,3)7-5-8-15-11-12-6-9-16-13(10-12)17-4/h6,9-10,15H,5,7-8,11H2,1-4H3. The van der Waals surface area contributed by atoms with Gasteiger partial charge in [0, 0.05) is 18.8 Å². The lowest BCUT2D eigenvalue weighted by Crippen LogP contribution is -2.17. The minimum absolute atomic E-state index is 0.432. The molecule has 0 fully saturated rings. The van der Waals surface area contributed by atoms with Gasteiger partial charge in [0.25, 0.3) is 0 Å². The molecule has 1 aromatic heterocycles. The summed E-state index contributed by atoms with van der Waals surface area (Å²) in [7, 11) is 1.64. The molecule has 0 aromatic carbocycles. The summed E-state index contributed by atoms with van der Waals surface area (Å²) in [6.45, 7) is 8.77. The fourth-order valence-corrected chi connectivity index (χ4v) is 1.65. The summed E-state index contributed by atoms with van der Waals surface area (Å²) in [6, 6.07) is 3.98. The molecule has 0 radical (unpaired) electrons. The summed E-state index contributed by atoms with van der Waals surface area (Å²) in [5.74, 6) is 0.680. The SMILES string of the molecule is COc1cc(CNCCCC(C)(C)C)ccn1. The van der Waals surface area contributed by atoms with Gasteiger partial charge in [0.1, 0.15) is 0 Å². The number of hydrogen-bond acceptors (Lipinski definition) is 3. The third-order valence-corrected chi connectivity index (χ3v) is 2.62. The molecule has 0 unspecified atom stereocenters. The first-order valence-corrected chi connectivity index (χ1v) is 6.21. The van der Waals surface area contributed by atoms with Crippen molar-refractivity contribution in [3.63, 3.8) is 0 Å². The zero-order valence-electron chi connectivity index (χ0n) is 11.4. The first-order valence-electron chi connectivity index (χ1n) is 6.21. The van der Waals surface area contributed by atoms with Crippen molar-refractivity contribution < 1.29 is 4.74 Å². The Morgan fingerprint density at radius 1 is 1.35 bits per heavy atom. The Morgan fingerprint density at radius 3 is 2.76 bits per heavy atom. The molecular formula is C14H24N2O. The van der Waals surface area contributed by atoms with Gasteiger partial charge < -0.3 is 10.1 Å². The highest BCUT2D eigenvalue weighted by Crippen LogP contribution is 2.19. The van der Waals surface area contributed by atoms with Crippen LogP contribution in [-0.4, -0.2) is 18.6 Å². The van der Waals surface area contributed by atoms with Gasteiger partial charge in [-0.15, -0.1) is 0 Å². The third kappa shape index (κ3) is 6.27. The van der Waals surface area contributed by atoms with Crippen molar-refractivity contribution in [2.45, 2.75) is 40.2 Å². The molecule has 1 heterocycles. The largest absolute Gasteiger partial charge is 0.481 e. The van der Waals surface area contributed by atoms with Crippen LogP contribution in [0.5, 0.6) is 5.88 Å². The molecule has 96 valence electrons. The molecule has 1 N–H and O–H groups in total. The Morgan fingerprint density at radius 2 is 2.12 bits per heavy atom. The van der Waals surface area contributed by atoms with Crippen LogP contribution in [0.15, 0.2) is 18.3 Å². The van der Waals surface area contributed by atoms with Gasteiger partial charge in [0.05, 0.1) is 7.11 Å². The maximum absolute atomic E-state index is 5.09. The van der Waals surface area contributed by atoms with Crippen LogP contribution in [0.3, 0.4) is 0 Å². The van der Waals surface area contributed by atoms with Crippen molar-refractivity contribution in [2.24, 2.45) is 5.41 Å². The molecule has 1 rings (SSSR count). The van der Waals surface area contributed by atoms with Crippen molar-refractivity contribution in [3.05, 3.63) is 23.9 Å². The summed E-state index contributed by atoms with van der Waals surface area (Å²) in [4.78, 5) is 4.08. The van der Waals surface area contributed by atoms with Crippen LogP contribution >= 0.6 is 0 Å². The Labute approximate surface area is 105 Å². The van der Waals surface area contributed by atoms with E-state index in [9.17, 15) is 0 Å². The minimum atomic E-state index is 0.432. The summed E-state index contributed by atoms with van der Waals surface area (Å²) >= 11 is 0. The van der Waals surface area contributed by atoms with Gasteiger partial charge in [0.15, 0.2) is 0 Å². The molecular weight excluding hydrogens is 212 g/mol. The first kappa shape index (κ1) is 14.0. The van der Waals surface area contributed by atoms with Crippen molar-refractivity contribution in [3.8, 4) is 5.88 Å². The first-order chi connectivity index (χ1) is 8.01. The number of pyridine rings is 1. The molecule has 0 aliphatic carbocycles. The molecule has 0 aliphatic heterocycles. The zero-order chi connectivity index (χ0) is 12.7. The van der Waals surface area contributed by atoms with E-state index in [1.165, 1.54) is 18.4 Å². The fourth-order valence-electron chi connectivity index (χ4n) is 1.65. The molecule has 0 saturated heterocycles. The number of nitrogens with zero attached hydrogens (tertiary/aromatic N) is 1. The van der Waals surface area contributed by atoms with Gasteiger partial charge in [-0.25, -0.2) is 4.98 Å². The Bertz CT molecular complexity index is 331. The summed E-state index contributed by atoms with van der Waals surface area (Å²) in [6.07, 6.45) is 4.25. The van der Waals surface area contributed by atoms with Crippen LogP contribution in [0.25, 0.3) is 0 Å². The Hall–Kier alpha value is -1.09. The normalized spacial score (nSPS) is 11.5. The molecule has 17 heavy (non-hydrogen) atoms. The number of ether oxygens (including phenoxy) is 1. The van der Waals surface area contributed by atoms with Crippen LogP contribution in [0, 0.1) is 5.41 Å². The van der Waals surface area contributed by atoms with E-state index in [1.54, 1.807) is 13.3 Å². The lowest BCUT2D eigenvalue weighted by molar-refractivity contribution is 0.361. The van der Waals surface area contributed by atoms with Gasteiger partial charge in [-0.3, -0.25) is 0 Å². The Kier molecular flexibility index (Phi) is 5.42. The van der Waals surface area contributed by atoms with Gasteiger partial charge in [-0.2, -0.15) is 0 Å². The van der Waals surface area contributed by atoms with E-state index < -0.39 is 0 Å². The van der Waals surface area contributed by atoms with Crippen molar-refractivity contribution in [2.75, 3.05) is 13.7 Å². The topological polar surface area (TPSA) is 34.1 Å². The maximum atomic E-state index is 5.09. The molecule has 0 atom stereocenters. The average Bonchev–Trinajstić information content (AvgIpc) is 2.27. The number of aromatic nitrogens is 1. The van der Waals surface area contributed by atoms with Crippen LogP contribution in [0.2, 0.25) is 0 Å². The molecule has 1 aromatic rings. The molecule has 0 amide bonds.